The molecule has 2 aromatic carbocycles. The molecule has 1 amide bonds. The lowest BCUT2D eigenvalue weighted by atomic mass is 10.1. The molecule has 1 fully saturated rings. The first-order chi connectivity index (χ1) is 14.3. The molecule has 1 aromatic heterocycles. The Morgan fingerprint density at radius 3 is 2.83 bits per heavy atom. The summed E-state index contributed by atoms with van der Waals surface area (Å²) in [5.41, 5.74) is 6.68. The summed E-state index contributed by atoms with van der Waals surface area (Å²) in [5, 5.41) is 0. The summed E-state index contributed by atoms with van der Waals surface area (Å²) < 4.78 is 5.41. The van der Waals surface area contributed by atoms with Gasteiger partial charge in [0.25, 0.3) is 5.91 Å². The van der Waals surface area contributed by atoms with Gasteiger partial charge in [0.15, 0.2) is 6.29 Å². The minimum Gasteiger partial charge on any atom is -0.350 e. The maximum absolute atomic E-state index is 11.9. The van der Waals surface area contributed by atoms with E-state index in [4.69, 9.17) is 9.57 Å². The standard InChI is InChI=1S/C23H25N3O3/c27-22(26-29-23-7-3-4-16-28-23)15-13-18-10-8-17(9-11-18)12-14-21-24-19-5-1-2-6-20(19)25-21/h1-2,5-6,8-11,13,15,23H,3-4,7,12,14,16H2,(H,24,25)(H,26,27)/b15-13+. The molecule has 0 bridgehead atoms. The fourth-order valence-corrected chi connectivity index (χ4v) is 3.32. The summed E-state index contributed by atoms with van der Waals surface area (Å²) in [6, 6.07) is 16.2. The van der Waals surface area contributed by atoms with E-state index >= 15 is 0 Å². The van der Waals surface area contributed by atoms with E-state index in [2.05, 4.69) is 27.6 Å². The molecule has 0 saturated carbocycles. The van der Waals surface area contributed by atoms with Crippen molar-refractivity contribution in [2.24, 2.45) is 0 Å². The van der Waals surface area contributed by atoms with Gasteiger partial charge in [-0.05, 0) is 48.6 Å². The van der Waals surface area contributed by atoms with Crippen LogP contribution in [0, 0.1) is 0 Å². The molecular weight excluding hydrogens is 366 g/mol. The predicted molar refractivity (Wildman–Crippen MR) is 112 cm³/mol. The van der Waals surface area contributed by atoms with Gasteiger partial charge in [-0.15, -0.1) is 0 Å². The number of aromatic amines is 1. The molecule has 2 heterocycles. The highest BCUT2D eigenvalue weighted by Gasteiger charge is 2.14. The Hall–Kier alpha value is -2.96. The number of hydrogen-bond donors (Lipinski definition) is 2. The van der Waals surface area contributed by atoms with E-state index in [0.29, 0.717) is 6.61 Å². The van der Waals surface area contributed by atoms with Crippen molar-refractivity contribution >= 4 is 23.0 Å². The number of para-hydroxylation sites is 2. The number of benzene rings is 2. The number of nitrogens with one attached hydrogen (secondary N) is 2. The Morgan fingerprint density at radius 1 is 1.17 bits per heavy atom. The quantitative estimate of drug-likeness (QED) is 0.473. The van der Waals surface area contributed by atoms with Crippen LogP contribution in [0.1, 0.15) is 36.2 Å². The monoisotopic (exact) mass is 391 g/mol. The number of ether oxygens (including phenoxy) is 1. The third kappa shape index (κ3) is 5.53. The molecule has 4 rings (SSSR count). The zero-order valence-corrected chi connectivity index (χ0v) is 16.3. The maximum Gasteiger partial charge on any atom is 0.267 e. The Labute approximate surface area is 169 Å². The average Bonchev–Trinajstić information content (AvgIpc) is 3.19. The summed E-state index contributed by atoms with van der Waals surface area (Å²) in [7, 11) is 0. The van der Waals surface area contributed by atoms with Crippen LogP contribution in [0.2, 0.25) is 0 Å². The van der Waals surface area contributed by atoms with Crippen LogP contribution < -0.4 is 5.48 Å². The van der Waals surface area contributed by atoms with Crippen molar-refractivity contribution in [1.82, 2.24) is 15.4 Å². The van der Waals surface area contributed by atoms with E-state index < -0.39 is 0 Å². The Bertz CT molecular complexity index is 939. The Balaban J connectivity index is 1.24. The molecule has 29 heavy (non-hydrogen) atoms. The van der Waals surface area contributed by atoms with E-state index in [1.807, 2.05) is 36.4 Å². The molecular formula is C23H25N3O3. The van der Waals surface area contributed by atoms with Gasteiger partial charge in [0.1, 0.15) is 5.82 Å². The lowest BCUT2D eigenvalue weighted by molar-refractivity contribution is -0.198. The van der Waals surface area contributed by atoms with Gasteiger partial charge >= 0.3 is 0 Å². The van der Waals surface area contributed by atoms with Crippen molar-refractivity contribution in [2.75, 3.05) is 6.61 Å². The lowest BCUT2D eigenvalue weighted by Crippen LogP contribution is -2.32. The second-order valence-electron chi connectivity index (χ2n) is 7.16. The normalized spacial score (nSPS) is 17.0. The zero-order valence-electron chi connectivity index (χ0n) is 16.3. The number of H-pyrrole nitrogens is 1. The number of hydroxylamine groups is 1. The minimum atomic E-state index is -0.341. The van der Waals surface area contributed by atoms with Crippen LogP contribution in [-0.4, -0.2) is 28.8 Å². The molecule has 6 heteroatoms. The smallest absolute Gasteiger partial charge is 0.267 e. The van der Waals surface area contributed by atoms with E-state index in [1.165, 1.54) is 11.6 Å². The number of imidazole rings is 1. The van der Waals surface area contributed by atoms with E-state index in [0.717, 1.165) is 54.5 Å². The number of hydrogen-bond acceptors (Lipinski definition) is 4. The Morgan fingerprint density at radius 2 is 2.03 bits per heavy atom. The lowest BCUT2D eigenvalue weighted by Gasteiger charge is -2.21. The number of carbonyl (C=O) groups is 1. The number of aryl methyl sites for hydroxylation is 2. The van der Waals surface area contributed by atoms with Crippen LogP contribution in [0.5, 0.6) is 0 Å². The van der Waals surface area contributed by atoms with E-state index in [1.54, 1.807) is 6.08 Å². The van der Waals surface area contributed by atoms with E-state index in [9.17, 15) is 4.79 Å². The van der Waals surface area contributed by atoms with Gasteiger partial charge in [0.05, 0.1) is 11.0 Å². The zero-order chi connectivity index (χ0) is 19.9. The summed E-state index contributed by atoms with van der Waals surface area (Å²) in [6.07, 6.45) is 7.55. The first-order valence-corrected chi connectivity index (χ1v) is 10.0. The van der Waals surface area contributed by atoms with Gasteiger partial charge in [-0.1, -0.05) is 36.4 Å². The second-order valence-corrected chi connectivity index (χ2v) is 7.16. The molecule has 1 unspecified atom stereocenters. The van der Waals surface area contributed by atoms with Crippen LogP contribution in [0.3, 0.4) is 0 Å². The van der Waals surface area contributed by atoms with Crippen molar-refractivity contribution in [2.45, 2.75) is 38.4 Å². The molecule has 1 saturated heterocycles. The van der Waals surface area contributed by atoms with Crippen LogP contribution in [0.4, 0.5) is 0 Å². The summed E-state index contributed by atoms with van der Waals surface area (Å²) >= 11 is 0. The highest BCUT2D eigenvalue weighted by atomic mass is 16.8. The summed E-state index contributed by atoms with van der Waals surface area (Å²) in [6.45, 7) is 0.680. The van der Waals surface area contributed by atoms with Crippen molar-refractivity contribution in [3.05, 3.63) is 71.6 Å². The van der Waals surface area contributed by atoms with Crippen LogP contribution in [0.15, 0.2) is 54.6 Å². The molecule has 1 aliphatic rings. The summed E-state index contributed by atoms with van der Waals surface area (Å²) in [4.78, 5) is 25.1. The highest BCUT2D eigenvalue weighted by molar-refractivity contribution is 5.90. The number of amides is 1. The largest absolute Gasteiger partial charge is 0.350 e. The van der Waals surface area contributed by atoms with E-state index in [-0.39, 0.29) is 12.2 Å². The highest BCUT2D eigenvalue weighted by Crippen LogP contribution is 2.14. The topological polar surface area (TPSA) is 76.2 Å². The number of nitrogens with zero attached hydrogens (tertiary/aromatic N) is 1. The van der Waals surface area contributed by atoms with Gasteiger partial charge in [-0.25, -0.2) is 15.3 Å². The Kier molecular flexibility index (Phi) is 6.34. The molecule has 0 aliphatic carbocycles. The molecule has 0 spiro atoms. The first kappa shape index (κ1) is 19.4. The van der Waals surface area contributed by atoms with Crippen molar-refractivity contribution in [1.29, 1.82) is 0 Å². The predicted octanol–water partition coefficient (Wildman–Crippen LogP) is 3.94. The summed E-state index contributed by atoms with van der Waals surface area (Å²) in [5.74, 6) is 0.696. The minimum absolute atomic E-state index is 0.298. The van der Waals surface area contributed by atoms with Gasteiger partial charge in [-0.2, -0.15) is 0 Å². The van der Waals surface area contributed by atoms with Crippen LogP contribution in [0.25, 0.3) is 17.1 Å². The van der Waals surface area contributed by atoms with Gasteiger partial charge < -0.3 is 9.72 Å². The SMILES string of the molecule is O=C(/C=C/c1ccc(CCc2nc3ccccc3[nH]2)cc1)NOC1CCCCO1. The van der Waals surface area contributed by atoms with Crippen molar-refractivity contribution in [3.8, 4) is 0 Å². The maximum atomic E-state index is 11.9. The molecule has 1 aliphatic heterocycles. The number of fused-ring (bicyclic) bond motifs is 1. The van der Waals surface area contributed by atoms with Gasteiger partial charge in [-0.3, -0.25) is 4.79 Å². The number of rotatable bonds is 7. The van der Waals surface area contributed by atoms with Crippen molar-refractivity contribution in [3.63, 3.8) is 0 Å². The average molecular weight is 391 g/mol. The van der Waals surface area contributed by atoms with Crippen molar-refractivity contribution < 1.29 is 14.4 Å². The molecule has 3 aromatic rings. The first-order valence-electron chi connectivity index (χ1n) is 10.0. The van der Waals surface area contributed by atoms with Crippen LogP contribution >= 0.6 is 0 Å². The van der Waals surface area contributed by atoms with Gasteiger partial charge in [0.2, 0.25) is 0 Å². The number of carbonyl (C=O) groups excluding carboxylic acids is 1. The fraction of sp³-hybridized carbons (Fsp3) is 0.304. The molecule has 1 atom stereocenters. The third-order valence-electron chi connectivity index (χ3n) is 4.92. The van der Waals surface area contributed by atoms with Crippen LogP contribution in [-0.2, 0) is 27.2 Å². The third-order valence-corrected chi connectivity index (χ3v) is 4.92. The molecule has 6 nitrogen and oxygen atoms in total. The molecule has 150 valence electrons. The number of aromatic nitrogens is 2. The fourth-order valence-electron chi connectivity index (χ4n) is 3.32. The molecule has 2 N–H and O–H groups in total. The second kappa shape index (κ2) is 9.49. The van der Waals surface area contributed by atoms with Gasteiger partial charge in [0, 0.05) is 25.5 Å². The molecule has 0 radical (unpaired) electrons.